The molecule has 34 heavy (non-hydrogen) atoms. The second-order valence-corrected chi connectivity index (χ2v) is 10.1. The maximum atomic E-state index is 13.9. The number of amides is 1. The van der Waals surface area contributed by atoms with Crippen LogP contribution in [-0.2, 0) is 23.8 Å². The van der Waals surface area contributed by atoms with Gasteiger partial charge < -0.3 is 24.0 Å². The van der Waals surface area contributed by atoms with E-state index in [2.05, 4.69) is 0 Å². The lowest BCUT2D eigenvalue weighted by Gasteiger charge is -2.38. The lowest BCUT2D eigenvalue weighted by atomic mass is 9.77. The van der Waals surface area contributed by atoms with Crippen LogP contribution in [0.15, 0.2) is 47.1 Å². The molecule has 3 unspecified atom stereocenters. The van der Waals surface area contributed by atoms with Crippen molar-refractivity contribution in [3.05, 3.63) is 47.7 Å². The first kappa shape index (κ1) is 25.8. The highest BCUT2D eigenvalue weighted by Gasteiger charge is 2.48. The fourth-order valence-electron chi connectivity index (χ4n) is 4.07. The van der Waals surface area contributed by atoms with Crippen LogP contribution in [0, 0.1) is 5.41 Å². The van der Waals surface area contributed by atoms with Gasteiger partial charge in [0.05, 0.1) is 30.7 Å². The predicted molar refractivity (Wildman–Crippen MR) is 131 cm³/mol. The van der Waals surface area contributed by atoms with E-state index in [4.69, 9.17) is 14.2 Å². The van der Waals surface area contributed by atoms with Crippen LogP contribution in [0.5, 0.6) is 0 Å². The first-order chi connectivity index (χ1) is 16.1. The molecule has 3 rings (SSSR count). The highest BCUT2D eigenvalue weighted by Crippen LogP contribution is 2.49. The van der Waals surface area contributed by atoms with Crippen LogP contribution in [0.2, 0.25) is 0 Å². The van der Waals surface area contributed by atoms with Crippen molar-refractivity contribution in [2.24, 2.45) is 5.41 Å². The van der Waals surface area contributed by atoms with Crippen LogP contribution in [0.4, 0.5) is 5.69 Å². The molecule has 0 N–H and O–H groups in total. The smallest absolute Gasteiger partial charge is 0.337 e. The van der Waals surface area contributed by atoms with Gasteiger partial charge in [0, 0.05) is 30.3 Å². The standard InChI is InChI=1S/C25H32N2O6S/c1-16(28)33-21-22(25(2)11-9-18(31-5)10-12-25)34-20-15-17(24(30)32-6)7-8-19(20)27(23(21)29)14-13-26(3)4/h7-11,15,21-22H,12-14H2,1-6H3. The highest BCUT2D eigenvalue weighted by molar-refractivity contribution is 8.00. The van der Waals surface area contributed by atoms with Crippen LogP contribution < -0.4 is 4.90 Å². The van der Waals surface area contributed by atoms with Gasteiger partial charge >= 0.3 is 11.9 Å². The zero-order chi connectivity index (χ0) is 25.0. The van der Waals surface area contributed by atoms with Gasteiger partial charge in [0.1, 0.15) is 5.76 Å². The SMILES string of the molecule is COC(=O)c1ccc2c(c1)SC(C1(C)C=CC(OC)=CC1)C(OC(C)=O)C(=O)N2CCN(C)C. The molecule has 8 nitrogen and oxygen atoms in total. The molecule has 1 aromatic carbocycles. The Labute approximate surface area is 204 Å². The van der Waals surface area contributed by atoms with Crippen molar-refractivity contribution < 1.29 is 28.6 Å². The van der Waals surface area contributed by atoms with Gasteiger partial charge in [-0.05, 0) is 50.9 Å². The molecule has 0 bridgehead atoms. The minimum absolute atomic E-state index is 0.282. The largest absolute Gasteiger partial charge is 0.497 e. The Morgan fingerprint density at radius 1 is 1.26 bits per heavy atom. The molecule has 2 aliphatic rings. The van der Waals surface area contributed by atoms with Gasteiger partial charge in [0.25, 0.3) is 5.91 Å². The highest BCUT2D eigenvalue weighted by atomic mass is 32.2. The third-order valence-corrected chi connectivity index (χ3v) is 7.65. The molecular weight excluding hydrogens is 456 g/mol. The van der Waals surface area contributed by atoms with E-state index in [1.165, 1.54) is 25.8 Å². The van der Waals surface area contributed by atoms with Crippen LogP contribution in [-0.4, -0.2) is 75.5 Å². The molecule has 1 aromatic rings. The van der Waals surface area contributed by atoms with Gasteiger partial charge in [0.2, 0.25) is 0 Å². The number of carbonyl (C=O) groups is 3. The van der Waals surface area contributed by atoms with E-state index < -0.39 is 28.7 Å². The number of ether oxygens (including phenoxy) is 3. The van der Waals surface area contributed by atoms with E-state index in [0.717, 1.165) is 10.7 Å². The molecule has 0 fully saturated rings. The van der Waals surface area contributed by atoms with Crippen molar-refractivity contribution in [3.8, 4) is 0 Å². The topological polar surface area (TPSA) is 85.4 Å². The number of anilines is 1. The van der Waals surface area contributed by atoms with Crippen LogP contribution in [0.3, 0.4) is 0 Å². The quantitative estimate of drug-likeness (QED) is 0.541. The summed E-state index contributed by atoms with van der Waals surface area (Å²) in [5, 5.41) is -0.439. The lowest BCUT2D eigenvalue weighted by molar-refractivity contribution is -0.153. The molecule has 1 aliphatic carbocycles. The molecule has 1 aliphatic heterocycles. The zero-order valence-electron chi connectivity index (χ0n) is 20.5. The fourth-order valence-corrected chi connectivity index (χ4v) is 5.58. The van der Waals surface area contributed by atoms with E-state index in [1.807, 2.05) is 44.1 Å². The van der Waals surface area contributed by atoms with E-state index in [0.29, 0.717) is 30.8 Å². The second kappa shape index (κ2) is 10.7. The van der Waals surface area contributed by atoms with Gasteiger partial charge in [-0.1, -0.05) is 13.0 Å². The third-order valence-electron chi connectivity index (χ3n) is 6.03. The third kappa shape index (κ3) is 5.47. The van der Waals surface area contributed by atoms with Gasteiger partial charge in [-0.25, -0.2) is 4.79 Å². The summed E-state index contributed by atoms with van der Waals surface area (Å²) >= 11 is 1.44. The monoisotopic (exact) mass is 488 g/mol. The number of likely N-dealkylation sites (N-methyl/N-ethyl adjacent to an activating group) is 1. The Bertz CT molecular complexity index is 1020. The normalized spacial score (nSPS) is 24.3. The van der Waals surface area contributed by atoms with Crippen molar-refractivity contribution in [2.75, 3.05) is 46.3 Å². The molecule has 0 spiro atoms. The molecular formula is C25H32N2O6S. The lowest BCUT2D eigenvalue weighted by Crippen LogP contribution is -2.51. The van der Waals surface area contributed by atoms with E-state index in [9.17, 15) is 14.4 Å². The summed E-state index contributed by atoms with van der Waals surface area (Å²) in [6.07, 6.45) is 5.44. The number of nitrogens with zero attached hydrogens (tertiary/aromatic N) is 2. The molecule has 1 heterocycles. The summed E-state index contributed by atoms with van der Waals surface area (Å²) in [4.78, 5) is 42.7. The maximum Gasteiger partial charge on any atom is 0.337 e. The Morgan fingerprint density at radius 3 is 2.56 bits per heavy atom. The molecule has 9 heteroatoms. The molecule has 0 aromatic heterocycles. The summed E-state index contributed by atoms with van der Waals surface area (Å²) in [6.45, 7) is 4.37. The summed E-state index contributed by atoms with van der Waals surface area (Å²) in [5.74, 6) is -0.514. The number of allylic oxidation sites excluding steroid dienone is 3. The van der Waals surface area contributed by atoms with E-state index in [-0.39, 0.29) is 5.91 Å². The number of carbonyl (C=O) groups excluding carboxylic acids is 3. The van der Waals surface area contributed by atoms with Crippen molar-refractivity contribution in [1.82, 2.24) is 4.90 Å². The maximum absolute atomic E-state index is 13.9. The van der Waals surface area contributed by atoms with Crippen molar-refractivity contribution in [1.29, 1.82) is 0 Å². The minimum Gasteiger partial charge on any atom is -0.497 e. The number of rotatable bonds is 7. The second-order valence-electron chi connectivity index (χ2n) is 8.89. The van der Waals surface area contributed by atoms with Crippen LogP contribution in [0.25, 0.3) is 0 Å². The molecule has 1 amide bonds. The number of benzene rings is 1. The Hall–Kier alpha value is -2.78. The molecule has 3 atom stereocenters. The summed E-state index contributed by atoms with van der Waals surface area (Å²) in [6, 6.07) is 5.16. The number of hydrogen-bond donors (Lipinski definition) is 0. The fraction of sp³-hybridized carbons (Fsp3) is 0.480. The van der Waals surface area contributed by atoms with Crippen LogP contribution >= 0.6 is 11.8 Å². The Balaban J connectivity index is 2.13. The first-order valence-electron chi connectivity index (χ1n) is 11.1. The van der Waals surface area contributed by atoms with E-state index >= 15 is 0 Å². The Kier molecular flexibility index (Phi) is 8.09. The van der Waals surface area contributed by atoms with Gasteiger partial charge in [0.15, 0.2) is 6.10 Å². The number of thioether (sulfide) groups is 1. The van der Waals surface area contributed by atoms with Crippen molar-refractivity contribution in [2.45, 2.75) is 36.5 Å². The number of fused-ring (bicyclic) bond motifs is 1. The number of esters is 2. The average Bonchev–Trinajstić information content (AvgIpc) is 2.92. The number of methoxy groups -OCH3 is 2. The zero-order valence-corrected chi connectivity index (χ0v) is 21.3. The predicted octanol–water partition coefficient (Wildman–Crippen LogP) is 3.27. The minimum atomic E-state index is -1.01. The number of hydrogen-bond acceptors (Lipinski definition) is 8. The van der Waals surface area contributed by atoms with Crippen LogP contribution in [0.1, 0.15) is 30.6 Å². The van der Waals surface area contributed by atoms with Gasteiger partial charge in [-0.15, -0.1) is 11.8 Å². The molecule has 0 saturated carbocycles. The molecule has 0 radical (unpaired) electrons. The summed E-state index contributed by atoms with van der Waals surface area (Å²) in [5.41, 5.74) is 0.559. The Morgan fingerprint density at radius 2 is 2.00 bits per heavy atom. The molecule has 0 saturated heterocycles. The van der Waals surface area contributed by atoms with Crippen molar-refractivity contribution in [3.63, 3.8) is 0 Å². The first-order valence-corrected chi connectivity index (χ1v) is 11.9. The van der Waals surface area contributed by atoms with E-state index in [1.54, 1.807) is 30.2 Å². The summed E-state index contributed by atoms with van der Waals surface area (Å²) < 4.78 is 15.9. The van der Waals surface area contributed by atoms with Crippen molar-refractivity contribution >= 4 is 35.3 Å². The van der Waals surface area contributed by atoms with Gasteiger partial charge in [-0.3, -0.25) is 9.59 Å². The van der Waals surface area contributed by atoms with Gasteiger partial charge in [-0.2, -0.15) is 0 Å². The molecule has 184 valence electrons. The summed E-state index contributed by atoms with van der Waals surface area (Å²) in [7, 11) is 6.80. The average molecular weight is 489 g/mol.